The van der Waals surface area contributed by atoms with Gasteiger partial charge in [-0.05, 0) is 6.42 Å². The molecule has 0 saturated carbocycles. The van der Waals surface area contributed by atoms with Crippen LogP contribution in [-0.4, -0.2) is 34.7 Å². The van der Waals surface area contributed by atoms with E-state index in [1.54, 1.807) is 0 Å². The Bertz CT molecular complexity index is 336. The van der Waals surface area contributed by atoms with E-state index < -0.39 is 17.9 Å². The predicted octanol–water partition coefficient (Wildman–Crippen LogP) is -0.794. The molecule has 1 amide bonds. The van der Waals surface area contributed by atoms with Crippen molar-refractivity contribution >= 4 is 11.9 Å². The molecule has 1 rings (SSSR count). The SMILES string of the molecule is N[C@@H](CCNC(=O)c1ccon1)C(=O)O. The van der Waals surface area contributed by atoms with Crippen molar-refractivity contribution in [1.82, 2.24) is 10.5 Å². The summed E-state index contributed by atoms with van der Waals surface area (Å²) in [6, 6.07) is 0.439. The summed E-state index contributed by atoms with van der Waals surface area (Å²) < 4.78 is 4.47. The third-order valence-corrected chi connectivity index (χ3v) is 1.73. The van der Waals surface area contributed by atoms with Gasteiger partial charge in [-0.3, -0.25) is 9.59 Å². The van der Waals surface area contributed by atoms with Crippen LogP contribution >= 0.6 is 0 Å². The van der Waals surface area contributed by atoms with Crippen LogP contribution in [0.3, 0.4) is 0 Å². The normalized spacial score (nSPS) is 12.1. The summed E-state index contributed by atoms with van der Waals surface area (Å²) in [7, 11) is 0. The van der Waals surface area contributed by atoms with Crippen LogP contribution in [0.15, 0.2) is 16.9 Å². The van der Waals surface area contributed by atoms with Crippen molar-refractivity contribution in [3.63, 3.8) is 0 Å². The topological polar surface area (TPSA) is 118 Å². The monoisotopic (exact) mass is 213 g/mol. The quantitative estimate of drug-likeness (QED) is 0.589. The second-order valence-electron chi connectivity index (χ2n) is 2.87. The summed E-state index contributed by atoms with van der Waals surface area (Å²) in [4.78, 5) is 21.6. The molecule has 0 saturated heterocycles. The van der Waals surface area contributed by atoms with Gasteiger partial charge in [0.25, 0.3) is 5.91 Å². The highest BCUT2D eigenvalue weighted by Crippen LogP contribution is 1.94. The molecule has 1 heterocycles. The minimum Gasteiger partial charge on any atom is -0.480 e. The molecule has 0 radical (unpaired) electrons. The molecule has 1 aromatic heterocycles. The summed E-state index contributed by atoms with van der Waals surface area (Å²) in [5.74, 6) is -1.51. The second-order valence-corrected chi connectivity index (χ2v) is 2.87. The fourth-order valence-electron chi connectivity index (χ4n) is 0.885. The first-order valence-electron chi connectivity index (χ1n) is 4.28. The van der Waals surface area contributed by atoms with Crippen molar-refractivity contribution in [2.75, 3.05) is 6.54 Å². The molecule has 0 aliphatic heterocycles. The van der Waals surface area contributed by atoms with Crippen LogP contribution in [0.5, 0.6) is 0 Å². The van der Waals surface area contributed by atoms with Gasteiger partial charge in [-0.25, -0.2) is 0 Å². The van der Waals surface area contributed by atoms with E-state index in [4.69, 9.17) is 10.8 Å². The first kappa shape index (κ1) is 11.2. The van der Waals surface area contributed by atoms with E-state index in [0.29, 0.717) is 0 Å². The van der Waals surface area contributed by atoms with E-state index in [1.807, 2.05) is 0 Å². The van der Waals surface area contributed by atoms with Gasteiger partial charge in [0, 0.05) is 12.6 Å². The van der Waals surface area contributed by atoms with Crippen LogP contribution in [-0.2, 0) is 4.79 Å². The Balaban J connectivity index is 2.27. The van der Waals surface area contributed by atoms with E-state index in [0.717, 1.165) is 0 Å². The number of hydrogen-bond donors (Lipinski definition) is 3. The Kier molecular flexibility index (Phi) is 3.81. The van der Waals surface area contributed by atoms with E-state index in [1.165, 1.54) is 12.3 Å². The summed E-state index contributed by atoms with van der Waals surface area (Å²) in [6.45, 7) is 0.180. The molecule has 7 heteroatoms. The van der Waals surface area contributed by atoms with Crippen molar-refractivity contribution in [2.45, 2.75) is 12.5 Å². The number of carbonyl (C=O) groups is 2. The van der Waals surface area contributed by atoms with Crippen molar-refractivity contribution in [3.8, 4) is 0 Å². The number of amides is 1. The highest BCUT2D eigenvalue weighted by Gasteiger charge is 2.12. The summed E-state index contributed by atoms with van der Waals surface area (Å²) in [5.41, 5.74) is 5.39. The number of nitrogens with two attached hydrogens (primary N) is 1. The molecule has 82 valence electrons. The van der Waals surface area contributed by atoms with Crippen molar-refractivity contribution < 1.29 is 19.2 Å². The summed E-state index contributed by atoms with van der Waals surface area (Å²) >= 11 is 0. The molecule has 1 aromatic rings. The number of aliphatic carboxylic acids is 1. The van der Waals surface area contributed by atoms with Gasteiger partial charge in [0.2, 0.25) is 0 Å². The number of nitrogens with one attached hydrogen (secondary N) is 1. The summed E-state index contributed by atoms with van der Waals surface area (Å²) in [6.07, 6.45) is 1.44. The molecule has 7 nitrogen and oxygen atoms in total. The summed E-state index contributed by atoms with van der Waals surface area (Å²) in [5, 5.41) is 14.3. The van der Waals surface area contributed by atoms with Gasteiger partial charge in [0.15, 0.2) is 5.69 Å². The maximum atomic E-state index is 11.2. The fraction of sp³-hybridized carbons (Fsp3) is 0.375. The predicted molar refractivity (Wildman–Crippen MR) is 49.1 cm³/mol. The molecule has 0 spiro atoms. The zero-order valence-electron chi connectivity index (χ0n) is 7.84. The zero-order chi connectivity index (χ0) is 11.3. The van der Waals surface area contributed by atoms with Crippen LogP contribution in [0.1, 0.15) is 16.9 Å². The van der Waals surface area contributed by atoms with E-state index in [-0.39, 0.29) is 18.7 Å². The van der Waals surface area contributed by atoms with Crippen LogP contribution in [0.2, 0.25) is 0 Å². The van der Waals surface area contributed by atoms with E-state index in [9.17, 15) is 9.59 Å². The Labute approximate surface area is 85.2 Å². The first-order chi connectivity index (χ1) is 7.11. The Morgan fingerprint density at radius 1 is 1.67 bits per heavy atom. The molecule has 0 fully saturated rings. The highest BCUT2D eigenvalue weighted by atomic mass is 16.5. The van der Waals surface area contributed by atoms with Crippen LogP contribution in [0, 0.1) is 0 Å². The average Bonchev–Trinajstić information content (AvgIpc) is 2.70. The minimum absolute atomic E-state index is 0.152. The molecule has 4 N–H and O–H groups in total. The molecule has 0 aliphatic carbocycles. The lowest BCUT2D eigenvalue weighted by Gasteiger charge is -2.06. The number of carboxylic acids is 1. The molecule has 0 aliphatic rings. The fourth-order valence-corrected chi connectivity index (χ4v) is 0.885. The number of carboxylic acid groups (broad SMARTS) is 1. The van der Waals surface area contributed by atoms with Gasteiger partial charge in [-0.1, -0.05) is 5.16 Å². The van der Waals surface area contributed by atoms with Gasteiger partial charge in [-0.2, -0.15) is 0 Å². The lowest BCUT2D eigenvalue weighted by atomic mass is 10.2. The Hall–Kier alpha value is -1.89. The van der Waals surface area contributed by atoms with Crippen molar-refractivity contribution in [1.29, 1.82) is 0 Å². The maximum absolute atomic E-state index is 11.2. The third kappa shape index (κ3) is 3.39. The van der Waals surface area contributed by atoms with Crippen LogP contribution in [0.25, 0.3) is 0 Å². The largest absolute Gasteiger partial charge is 0.480 e. The maximum Gasteiger partial charge on any atom is 0.320 e. The number of rotatable bonds is 5. The lowest BCUT2D eigenvalue weighted by Crippen LogP contribution is -2.35. The Morgan fingerprint density at radius 2 is 2.40 bits per heavy atom. The average molecular weight is 213 g/mol. The molecule has 0 unspecified atom stereocenters. The van der Waals surface area contributed by atoms with Crippen molar-refractivity contribution in [2.24, 2.45) is 5.73 Å². The number of nitrogens with zero attached hydrogens (tertiary/aromatic N) is 1. The number of aromatic nitrogens is 1. The molecular weight excluding hydrogens is 202 g/mol. The lowest BCUT2D eigenvalue weighted by molar-refractivity contribution is -0.138. The third-order valence-electron chi connectivity index (χ3n) is 1.73. The van der Waals surface area contributed by atoms with Gasteiger partial charge < -0.3 is 20.7 Å². The molecule has 0 bridgehead atoms. The van der Waals surface area contributed by atoms with Gasteiger partial charge in [0.1, 0.15) is 12.3 Å². The highest BCUT2D eigenvalue weighted by molar-refractivity contribution is 5.91. The minimum atomic E-state index is -1.09. The van der Waals surface area contributed by atoms with Gasteiger partial charge in [-0.15, -0.1) is 0 Å². The number of hydrogen-bond acceptors (Lipinski definition) is 5. The zero-order valence-corrected chi connectivity index (χ0v) is 7.84. The number of carbonyl (C=O) groups excluding carboxylic acids is 1. The van der Waals surface area contributed by atoms with E-state index in [2.05, 4.69) is 15.0 Å². The molecule has 0 aromatic carbocycles. The smallest absolute Gasteiger partial charge is 0.320 e. The van der Waals surface area contributed by atoms with Crippen LogP contribution < -0.4 is 11.1 Å². The molecule has 15 heavy (non-hydrogen) atoms. The van der Waals surface area contributed by atoms with Crippen LogP contribution in [0.4, 0.5) is 0 Å². The van der Waals surface area contributed by atoms with E-state index >= 15 is 0 Å². The van der Waals surface area contributed by atoms with Gasteiger partial charge in [0.05, 0.1) is 0 Å². The standard InChI is InChI=1S/C8H11N3O4/c9-5(8(13)14)1-3-10-7(12)6-2-4-15-11-6/h2,4-5H,1,3,9H2,(H,10,12)(H,13,14)/t5-/m0/s1. The Morgan fingerprint density at radius 3 is 2.93 bits per heavy atom. The second kappa shape index (κ2) is 5.11. The molecule has 1 atom stereocenters. The molecular formula is C8H11N3O4. The van der Waals surface area contributed by atoms with Gasteiger partial charge >= 0.3 is 5.97 Å². The van der Waals surface area contributed by atoms with Crippen molar-refractivity contribution in [3.05, 3.63) is 18.0 Å². The first-order valence-corrected chi connectivity index (χ1v) is 4.28.